The second kappa shape index (κ2) is 8.88. The van der Waals surface area contributed by atoms with Crippen LogP contribution in [0.5, 0.6) is 0 Å². The molecule has 2 N–H and O–H groups in total. The number of pyridine rings is 1. The fourth-order valence-electron chi connectivity index (χ4n) is 3.86. The van der Waals surface area contributed by atoms with Gasteiger partial charge in [0, 0.05) is 11.0 Å². The lowest BCUT2D eigenvalue weighted by molar-refractivity contribution is -0.160. The van der Waals surface area contributed by atoms with Crippen molar-refractivity contribution in [3.63, 3.8) is 0 Å². The number of ether oxygens (including phenoxy) is 1. The fourth-order valence-corrected chi connectivity index (χ4v) is 4.85. The van der Waals surface area contributed by atoms with Gasteiger partial charge in [-0.05, 0) is 76.9 Å². The van der Waals surface area contributed by atoms with Crippen molar-refractivity contribution in [2.75, 3.05) is 13.1 Å². The number of thioether (sulfide) groups is 1. The molecule has 1 amide bonds. The van der Waals surface area contributed by atoms with Gasteiger partial charge in [0.2, 0.25) is 5.91 Å². The van der Waals surface area contributed by atoms with E-state index in [0.29, 0.717) is 0 Å². The van der Waals surface area contributed by atoms with Crippen LogP contribution in [0.1, 0.15) is 39.3 Å². The smallest absolute Gasteiger partial charge is 0.329 e. The van der Waals surface area contributed by atoms with E-state index in [0.717, 1.165) is 47.2 Å². The Morgan fingerprint density at radius 1 is 1.32 bits per heavy atom. The molecule has 0 aliphatic carbocycles. The van der Waals surface area contributed by atoms with Crippen LogP contribution in [0.25, 0.3) is 11.7 Å². The number of esters is 1. The molecule has 2 aliphatic rings. The van der Waals surface area contributed by atoms with E-state index in [2.05, 4.69) is 20.0 Å². The number of carbonyl (C=O) groups excluding carboxylic acids is 2. The summed E-state index contributed by atoms with van der Waals surface area (Å²) in [5, 5.41) is 7.25. The molecule has 1 fully saturated rings. The maximum absolute atomic E-state index is 12.8. The average Bonchev–Trinajstić information content (AvgIpc) is 3.14. The molecule has 164 valence electrons. The third-order valence-electron chi connectivity index (χ3n) is 5.25. The maximum atomic E-state index is 12.8. The fraction of sp³-hybridized carbons (Fsp3) is 0.435. The predicted molar refractivity (Wildman–Crippen MR) is 122 cm³/mol. The first-order valence-electron chi connectivity index (χ1n) is 10.6. The molecule has 1 atom stereocenters. The highest BCUT2D eigenvalue weighted by Gasteiger charge is 2.33. The molecular weight excluding hydrogens is 412 g/mol. The van der Waals surface area contributed by atoms with Gasteiger partial charge in [-0.15, -0.1) is 0 Å². The second-order valence-corrected chi connectivity index (χ2v) is 9.92. The van der Waals surface area contributed by atoms with Gasteiger partial charge in [-0.25, -0.2) is 9.78 Å². The van der Waals surface area contributed by atoms with Crippen molar-refractivity contribution in [1.29, 1.82) is 0 Å². The highest BCUT2D eigenvalue weighted by atomic mass is 32.2. The lowest BCUT2D eigenvalue weighted by Gasteiger charge is -2.31. The molecule has 1 unspecified atom stereocenters. The van der Waals surface area contributed by atoms with Gasteiger partial charge in [-0.3, -0.25) is 9.20 Å². The number of nitrogens with zero attached hydrogens (tertiary/aromatic N) is 2. The van der Waals surface area contributed by atoms with E-state index in [1.54, 1.807) is 17.8 Å². The minimum absolute atomic E-state index is 0.0590. The van der Waals surface area contributed by atoms with Crippen LogP contribution in [0, 0.1) is 5.92 Å². The molecule has 0 bridgehead atoms. The van der Waals surface area contributed by atoms with Gasteiger partial charge in [0.1, 0.15) is 17.3 Å². The zero-order valence-corrected chi connectivity index (χ0v) is 18.9. The van der Waals surface area contributed by atoms with Crippen LogP contribution in [0.3, 0.4) is 0 Å². The van der Waals surface area contributed by atoms with Crippen molar-refractivity contribution in [3.8, 4) is 0 Å². The molecule has 1 saturated heterocycles. The average molecular weight is 441 g/mol. The summed E-state index contributed by atoms with van der Waals surface area (Å²) < 4.78 is 7.67. The Labute approximate surface area is 186 Å². The first-order chi connectivity index (χ1) is 14.8. The summed E-state index contributed by atoms with van der Waals surface area (Å²) in [4.78, 5) is 30.9. The number of piperidine rings is 1. The zero-order valence-electron chi connectivity index (χ0n) is 18.1. The van der Waals surface area contributed by atoms with E-state index in [4.69, 9.17) is 4.74 Å². The van der Waals surface area contributed by atoms with Gasteiger partial charge < -0.3 is 15.4 Å². The van der Waals surface area contributed by atoms with Crippen LogP contribution in [0.2, 0.25) is 0 Å². The topological polar surface area (TPSA) is 84.7 Å². The number of imidazole rings is 1. The van der Waals surface area contributed by atoms with E-state index in [1.807, 2.05) is 51.2 Å². The van der Waals surface area contributed by atoms with Crippen molar-refractivity contribution in [2.24, 2.45) is 5.92 Å². The number of nitrogens with one attached hydrogen (secondary N) is 2. The Bertz CT molecular complexity index is 1040. The molecule has 7 nitrogen and oxygen atoms in total. The lowest BCUT2D eigenvalue weighted by Crippen LogP contribution is -2.50. The highest BCUT2D eigenvalue weighted by Crippen LogP contribution is 2.34. The van der Waals surface area contributed by atoms with E-state index in [1.165, 1.54) is 6.08 Å². The Hall–Kier alpha value is -2.58. The van der Waals surface area contributed by atoms with Crippen LogP contribution in [0.4, 0.5) is 0 Å². The molecule has 4 rings (SSSR count). The molecule has 2 aromatic heterocycles. The molecule has 0 spiro atoms. The third kappa shape index (κ3) is 5.19. The van der Waals surface area contributed by atoms with Crippen molar-refractivity contribution >= 4 is 35.4 Å². The molecule has 4 heterocycles. The Morgan fingerprint density at radius 2 is 2.10 bits per heavy atom. The SMILES string of the molecule is CC(C)(C)OC(=O)C(NC(=O)/C=C\C1=Cc2cnc3cccc(n23)S1)C1CCNCC1. The van der Waals surface area contributed by atoms with E-state index >= 15 is 0 Å². The maximum Gasteiger partial charge on any atom is 0.329 e. The Morgan fingerprint density at radius 3 is 2.84 bits per heavy atom. The first-order valence-corrected chi connectivity index (χ1v) is 11.4. The normalized spacial score (nSPS) is 18.1. The van der Waals surface area contributed by atoms with Crippen molar-refractivity contribution in [2.45, 2.75) is 50.3 Å². The van der Waals surface area contributed by atoms with Gasteiger partial charge in [0.15, 0.2) is 0 Å². The van der Waals surface area contributed by atoms with Gasteiger partial charge in [-0.2, -0.15) is 0 Å². The molecule has 2 aliphatic heterocycles. The largest absolute Gasteiger partial charge is 0.458 e. The molecule has 0 aromatic carbocycles. The number of carbonyl (C=O) groups is 2. The predicted octanol–water partition coefficient (Wildman–Crippen LogP) is 3.16. The molecule has 31 heavy (non-hydrogen) atoms. The summed E-state index contributed by atoms with van der Waals surface area (Å²) in [6, 6.07) is 5.31. The number of allylic oxidation sites excluding steroid dienone is 1. The first kappa shape index (κ1) is 21.6. The summed E-state index contributed by atoms with van der Waals surface area (Å²) in [7, 11) is 0. The number of rotatable bonds is 5. The summed E-state index contributed by atoms with van der Waals surface area (Å²) in [5.74, 6) is -0.611. The van der Waals surface area contributed by atoms with Crippen LogP contribution < -0.4 is 10.6 Å². The standard InChI is InChI=1S/C23H28N4O3S/c1-23(2,3)30-22(29)21(15-9-11-24-12-10-15)26-19(28)8-7-17-13-16-14-25-18-5-4-6-20(31-17)27(16)18/h4-8,13-15,21,24H,9-12H2,1-3H3,(H,26,28)/b8-7-. The van der Waals surface area contributed by atoms with Crippen molar-refractivity contribution in [3.05, 3.63) is 47.1 Å². The number of hydrogen-bond donors (Lipinski definition) is 2. The lowest BCUT2D eigenvalue weighted by atomic mass is 9.90. The van der Waals surface area contributed by atoms with Gasteiger partial charge in [0.25, 0.3) is 0 Å². The number of hydrogen-bond acceptors (Lipinski definition) is 6. The van der Waals surface area contributed by atoms with Crippen LogP contribution >= 0.6 is 11.8 Å². The summed E-state index contributed by atoms with van der Waals surface area (Å²) in [5.41, 5.74) is 1.28. The van der Waals surface area contributed by atoms with E-state index in [-0.39, 0.29) is 17.8 Å². The monoisotopic (exact) mass is 440 g/mol. The quantitative estimate of drug-likeness (QED) is 0.549. The molecule has 8 heteroatoms. The summed E-state index contributed by atoms with van der Waals surface area (Å²) >= 11 is 1.57. The summed E-state index contributed by atoms with van der Waals surface area (Å²) in [6.07, 6.45) is 8.74. The van der Waals surface area contributed by atoms with Crippen LogP contribution in [-0.4, -0.2) is 46.0 Å². The third-order valence-corrected chi connectivity index (χ3v) is 6.26. The van der Waals surface area contributed by atoms with Crippen LogP contribution in [0.15, 0.2) is 46.5 Å². The minimum Gasteiger partial charge on any atom is -0.458 e. The van der Waals surface area contributed by atoms with Gasteiger partial charge in [-0.1, -0.05) is 17.8 Å². The van der Waals surface area contributed by atoms with Gasteiger partial charge in [0.05, 0.1) is 16.9 Å². The van der Waals surface area contributed by atoms with Crippen LogP contribution in [-0.2, 0) is 14.3 Å². The Kier molecular flexibility index (Phi) is 6.20. The minimum atomic E-state index is -0.651. The number of aromatic nitrogens is 2. The molecule has 0 radical (unpaired) electrons. The molecular formula is C23H28N4O3S. The summed E-state index contributed by atoms with van der Waals surface area (Å²) in [6.45, 7) is 7.18. The Balaban J connectivity index is 1.46. The second-order valence-electron chi connectivity index (χ2n) is 8.83. The zero-order chi connectivity index (χ0) is 22.0. The highest BCUT2D eigenvalue weighted by molar-refractivity contribution is 8.03. The van der Waals surface area contributed by atoms with E-state index in [9.17, 15) is 9.59 Å². The van der Waals surface area contributed by atoms with Crippen molar-refractivity contribution in [1.82, 2.24) is 20.0 Å². The van der Waals surface area contributed by atoms with Gasteiger partial charge >= 0.3 is 5.97 Å². The molecule has 0 saturated carbocycles. The molecule has 2 aromatic rings. The number of amides is 1. The van der Waals surface area contributed by atoms with Crippen molar-refractivity contribution < 1.29 is 14.3 Å². The van der Waals surface area contributed by atoms with E-state index < -0.39 is 11.6 Å².